The van der Waals surface area contributed by atoms with E-state index in [1.165, 1.54) is 32.1 Å². The highest BCUT2D eigenvalue weighted by molar-refractivity contribution is 5.08. The standard InChI is InChI=1S/C13H23N/c1-5-11-7-9-12(10-8-11)14-13(3,4)6-2/h2,11-12,14H,5,7-10H2,1,3-4H3. The van der Waals surface area contributed by atoms with Crippen LogP contribution in [0.15, 0.2) is 0 Å². The van der Waals surface area contributed by atoms with E-state index in [0.29, 0.717) is 6.04 Å². The Labute approximate surface area is 88.7 Å². The maximum absolute atomic E-state index is 5.46. The van der Waals surface area contributed by atoms with Crippen LogP contribution in [0.2, 0.25) is 0 Å². The van der Waals surface area contributed by atoms with Gasteiger partial charge in [-0.05, 0) is 45.4 Å². The van der Waals surface area contributed by atoms with Crippen molar-refractivity contribution in [2.24, 2.45) is 5.92 Å². The first-order chi connectivity index (χ1) is 6.57. The van der Waals surface area contributed by atoms with E-state index in [2.05, 4.69) is 32.0 Å². The third kappa shape index (κ3) is 3.35. The second-order valence-corrected chi connectivity index (χ2v) is 5.04. The Morgan fingerprint density at radius 2 is 1.86 bits per heavy atom. The largest absolute Gasteiger partial charge is 0.299 e. The molecule has 1 heteroatoms. The van der Waals surface area contributed by atoms with Crippen molar-refractivity contribution in [3.63, 3.8) is 0 Å². The molecule has 1 nitrogen and oxygen atoms in total. The predicted octanol–water partition coefficient (Wildman–Crippen LogP) is 2.96. The molecule has 0 aromatic rings. The summed E-state index contributed by atoms with van der Waals surface area (Å²) in [6.07, 6.45) is 12.1. The van der Waals surface area contributed by atoms with E-state index in [0.717, 1.165) is 5.92 Å². The van der Waals surface area contributed by atoms with Crippen molar-refractivity contribution in [1.82, 2.24) is 5.32 Å². The van der Waals surface area contributed by atoms with Gasteiger partial charge in [0.1, 0.15) is 0 Å². The average Bonchev–Trinajstić information content (AvgIpc) is 2.19. The number of rotatable bonds is 3. The molecule has 0 atom stereocenters. The molecular weight excluding hydrogens is 170 g/mol. The SMILES string of the molecule is C#CC(C)(C)NC1CCC(CC)CC1. The summed E-state index contributed by atoms with van der Waals surface area (Å²) >= 11 is 0. The first kappa shape index (κ1) is 11.6. The number of nitrogens with one attached hydrogen (secondary N) is 1. The van der Waals surface area contributed by atoms with Crippen LogP contribution in [0.25, 0.3) is 0 Å². The van der Waals surface area contributed by atoms with Gasteiger partial charge >= 0.3 is 0 Å². The Morgan fingerprint density at radius 1 is 1.29 bits per heavy atom. The van der Waals surface area contributed by atoms with Gasteiger partial charge in [0, 0.05) is 6.04 Å². The molecule has 0 radical (unpaired) electrons. The van der Waals surface area contributed by atoms with Crippen LogP contribution in [0.4, 0.5) is 0 Å². The maximum Gasteiger partial charge on any atom is 0.0743 e. The summed E-state index contributed by atoms with van der Waals surface area (Å²) in [6, 6.07) is 0.642. The van der Waals surface area contributed by atoms with Gasteiger partial charge in [0.15, 0.2) is 0 Å². The van der Waals surface area contributed by atoms with E-state index in [-0.39, 0.29) is 5.54 Å². The van der Waals surface area contributed by atoms with Crippen molar-refractivity contribution in [1.29, 1.82) is 0 Å². The van der Waals surface area contributed by atoms with E-state index in [1.807, 2.05) is 0 Å². The van der Waals surface area contributed by atoms with Crippen LogP contribution in [0.3, 0.4) is 0 Å². The van der Waals surface area contributed by atoms with E-state index in [4.69, 9.17) is 6.42 Å². The lowest BCUT2D eigenvalue weighted by atomic mass is 9.84. The Kier molecular flexibility index (Phi) is 4.01. The third-order valence-corrected chi connectivity index (χ3v) is 3.35. The second kappa shape index (κ2) is 4.84. The predicted molar refractivity (Wildman–Crippen MR) is 62.1 cm³/mol. The Morgan fingerprint density at radius 3 is 2.29 bits per heavy atom. The van der Waals surface area contributed by atoms with Crippen LogP contribution in [0.5, 0.6) is 0 Å². The molecule has 1 N–H and O–H groups in total. The topological polar surface area (TPSA) is 12.0 Å². The molecule has 80 valence electrons. The zero-order valence-electron chi connectivity index (χ0n) is 9.77. The molecule has 0 saturated heterocycles. The molecule has 14 heavy (non-hydrogen) atoms. The summed E-state index contributed by atoms with van der Waals surface area (Å²) in [7, 11) is 0. The van der Waals surface area contributed by atoms with Crippen molar-refractivity contribution >= 4 is 0 Å². The minimum Gasteiger partial charge on any atom is -0.299 e. The van der Waals surface area contributed by atoms with Gasteiger partial charge in [-0.25, -0.2) is 0 Å². The smallest absolute Gasteiger partial charge is 0.0743 e. The van der Waals surface area contributed by atoms with Crippen LogP contribution >= 0.6 is 0 Å². The molecule has 0 spiro atoms. The van der Waals surface area contributed by atoms with Crippen molar-refractivity contribution in [2.75, 3.05) is 0 Å². The van der Waals surface area contributed by atoms with E-state index in [9.17, 15) is 0 Å². The zero-order valence-corrected chi connectivity index (χ0v) is 9.77. The van der Waals surface area contributed by atoms with Gasteiger partial charge in [-0.15, -0.1) is 6.42 Å². The molecule has 0 aromatic heterocycles. The Bertz CT molecular complexity index is 204. The molecule has 0 heterocycles. The number of hydrogen-bond acceptors (Lipinski definition) is 1. The highest BCUT2D eigenvalue weighted by Gasteiger charge is 2.24. The molecular formula is C13H23N. The lowest BCUT2D eigenvalue weighted by molar-refractivity contribution is 0.260. The molecule has 0 aromatic carbocycles. The molecule has 1 aliphatic carbocycles. The minimum absolute atomic E-state index is 0.135. The summed E-state index contributed by atoms with van der Waals surface area (Å²) in [5.41, 5.74) is -0.135. The molecule has 0 aliphatic heterocycles. The quantitative estimate of drug-likeness (QED) is 0.680. The van der Waals surface area contributed by atoms with Crippen LogP contribution in [0, 0.1) is 18.3 Å². The van der Waals surface area contributed by atoms with Crippen molar-refractivity contribution < 1.29 is 0 Å². The first-order valence-electron chi connectivity index (χ1n) is 5.83. The van der Waals surface area contributed by atoms with Gasteiger partial charge in [-0.3, -0.25) is 5.32 Å². The molecule has 1 saturated carbocycles. The summed E-state index contributed by atoms with van der Waals surface area (Å²) in [5, 5.41) is 3.55. The Hall–Kier alpha value is -0.480. The summed E-state index contributed by atoms with van der Waals surface area (Å²) < 4.78 is 0. The van der Waals surface area contributed by atoms with Crippen LogP contribution in [0.1, 0.15) is 52.9 Å². The summed E-state index contributed by atoms with van der Waals surface area (Å²) in [6.45, 7) is 6.46. The molecule has 1 rings (SSSR count). The fourth-order valence-electron chi connectivity index (χ4n) is 2.27. The van der Waals surface area contributed by atoms with Gasteiger partial charge in [-0.2, -0.15) is 0 Å². The molecule has 0 bridgehead atoms. The lowest BCUT2D eigenvalue weighted by Gasteiger charge is -2.33. The van der Waals surface area contributed by atoms with Gasteiger partial charge in [-0.1, -0.05) is 19.3 Å². The Balaban J connectivity index is 2.33. The minimum atomic E-state index is -0.135. The fourth-order valence-corrected chi connectivity index (χ4v) is 2.27. The van der Waals surface area contributed by atoms with Crippen LogP contribution < -0.4 is 5.32 Å². The average molecular weight is 193 g/mol. The second-order valence-electron chi connectivity index (χ2n) is 5.04. The van der Waals surface area contributed by atoms with Crippen molar-refractivity contribution in [3.05, 3.63) is 0 Å². The van der Waals surface area contributed by atoms with Crippen LogP contribution in [-0.2, 0) is 0 Å². The van der Waals surface area contributed by atoms with Gasteiger partial charge in [0.2, 0.25) is 0 Å². The van der Waals surface area contributed by atoms with Gasteiger partial charge in [0.05, 0.1) is 5.54 Å². The summed E-state index contributed by atoms with van der Waals surface area (Å²) in [4.78, 5) is 0. The van der Waals surface area contributed by atoms with E-state index in [1.54, 1.807) is 0 Å². The summed E-state index contributed by atoms with van der Waals surface area (Å²) in [5.74, 6) is 3.76. The zero-order chi connectivity index (χ0) is 10.6. The monoisotopic (exact) mass is 193 g/mol. The van der Waals surface area contributed by atoms with Crippen molar-refractivity contribution in [2.45, 2.75) is 64.5 Å². The first-order valence-corrected chi connectivity index (χ1v) is 5.83. The van der Waals surface area contributed by atoms with Crippen molar-refractivity contribution in [3.8, 4) is 12.3 Å². The maximum atomic E-state index is 5.46. The van der Waals surface area contributed by atoms with Crippen LogP contribution in [-0.4, -0.2) is 11.6 Å². The fraction of sp³-hybridized carbons (Fsp3) is 0.846. The van der Waals surface area contributed by atoms with E-state index >= 15 is 0 Å². The highest BCUT2D eigenvalue weighted by Crippen LogP contribution is 2.27. The number of hydrogen-bond donors (Lipinski definition) is 1. The molecule has 0 unspecified atom stereocenters. The molecule has 1 aliphatic rings. The lowest BCUT2D eigenvalue weighted by Crippen LogP contribution is -2.46. The molecule has 1 fully saturated rings. The van der Waals surface area contributed by atoms with E-state index < -0.39 is 0 Å². The normalized spacial score (nSPS) is 28.4. The highest BCUT2D eigenvalue weighted by atomic mass is 15.0. The molecule has 0 amide bonds. The van der Waals surface area contributed by atoms with Gasteiger partial charge in [0.25, 0.3) is 0 Å². The number of terminal acetylenes is 1. The third-order valence-electron chi connectivity index (χ3n) is 3.35. The van der Waals surface area contributed by atoms with Gasteiger partial charge < -0.3 is 0 Å².